The fourth-order valence-electron chi connectivity index (χ4n) is 2.33. The van der Waals surface area contributed by atoms with E-state index in [9.17, 15) is 0 Å². The van der Waals surface area contributed by atoms with E-state index in [1.165, 1.54) is 0 Å². The molecule has 102 valence electrons. The molecule has 0 unspecified atom stereocenters. The van der Waals surface area contributed by atoms with Crippen molar-refractivity contribution < 1.29 is 9.47 Å². The van der Waals surface area contributed by atoms with Gasteiger partial charge in [0.1, 0.15) is 12.1 Å². The minimum Gasteiger partial charge on any atom is -0.493 e. The molecule has 0 radical (unpaired) electrons. The van der Waals surface area contributed by atoms with Gasteiger partial charge in [0.05, 0.1) is 25.6 Å². The molecular formula is C15H10N4O2. The van der Waals surface area contributed by atoms with Gasteiger partial charge in [-0.1, -0.05) is 0 Å². The molecule has 0 saturated heterocycles. The second-order valence-corrected chi connectivity index (χ2v) is 4.39. The normalized spacial score (nSPS) is 10.3. The Bertz CT molecular complexity index is 899. The summed E-state index contributed by atoms with van der Waals surface area (Å²) in [6, 6.07) is 9.37. The second-order valence-electron chi connectivity index (χ2n) is 4.39. The van der Waals surface area contributed by atoms with Crippen LogP contribution < -0.4 is 9.47 Å². The Balaban J connectivity index is 2.39. The van der Waals surface area contributed by atoms with Gasteiger partial charge < -0.3 is 14.5 Å². The number of H-pyrrole nitrogens is 1. The highest BCUT2D eigenvalue weighted by molar-refractivity contribution is 6.01. The number of benzene rings is 1. The third-order valence-electron chi connectivity index (χ3n) is 3.30. The van der Waals surface area contributed by atoms with Crippen molar-refractivity contribution in [2.24, 2.45) is 0 Å². The highest BCUT2D eigenvalue weighted by atomic mass is 16.5. The van der Waals surface area contributed by atoms with E-state index in [1.807, 2.05) is 30.3 Å². The van der Waals surface area contributed by atoms with Crippen LogP contribution in [-0.2, 0) is 0 Å². The van der Waals surface area contributed by atoms with Crippen molar-refractivity contribution in [1.29, 1.82) is 10.5 Å². The van der Waals surface area contributed by atoms with Gasteiger partial charge in [-0.25, -0.2) is 4.98 Å². The lowest BCUT2D eigenvalue weighted by atomic mass is 10.2. The van der Waals surface area contributed by atoms with Gasteiger partial charge in [0, 0.05) is 5.39 Å². The Labute approximate surface area is 120 Å². The number of hydrogen-bond donors (Lipinski definition) is 1. The smallest absolute Gasteiger partial charge is 0.175 e. The molecule has 0 amide bonds. The lowest BCUT2D eigenvalue weighted by Crippen LogP contribution is -1.97. The molecule has 6 heteroatoms. The van der Waals surface area contributed by atoms with E-state index >= 15 is 0 Å². The van der Waals surface area contributed by atoms with Gasteiger partial charge in [-0.15, -0.1) is 0 Å². The zero-order valence-electron chi connectivity index (χ0n) is 11.4. The molecule has 3 rings (SSSR count). The minimum absolute atomic E-state index is 0.0762. The van der Waals surface area contributed by atoms with Crippen molar-refractivity contribution in [3.8, 4) is 35.0 Å². The minimum atomic E-state index is 0.0762. The SMILES string of the molecule is COc1cc2cc3[nH]c(C#N)c(C#N)nc-3c2cc1OC. The van der Waals surface area contributed by atoms with Gasteiger partial charge in [-0.05, 0) is 23.6 Å². The van der Waals surface area contributed by atoms with Crippen LogP contribution in [0.15, 0.2) is 18.2 Å². The van der Waals surface area contributed by atoms with Crippen LogP contribution in [0.2, 0.25) is 0 Å². The van der Waals surface area contributed by atoms with Crippen LogP contribution >= 0.6 is 0 Å². The summed E-state index contributed by atoms with van der Waals surface area (Å²) < 4.78 is 10.6. The maximum atomic E-state index is 9.07. The maximum absolute atomic E-state index is 9.07. The van der Waals surface area contributed by atoms with Crippen molar-refractivity contribution in [2.45, 2.75) is 0 Å². The second kappa shape index (κ2) is 4.69. The quantitative estimate of drug-likeness (QED) is 0.776. The monoisotopic (exact) mass is 278 g/mol. The predicted molar refractivity (Wildman–Crippen MR) is 75.2 cm³/mol. The number of nitrogens with one attached hydrogen (secondary N) is 1. The molecule has 0 saturated carbocycles. The molecule has 21 heavy (non-hydrogen) atoms. The third-order valence-corrected chi connectivity index (χ3v) is 3.30. The average Bonchev–Trinajstić information content (AvgIpc) is 2.88. The molecule has 1 aliphatic carbocycles. The van der Waals surface area contributed by atoms with E-state index in [-0.39, 0.29) is 11.4 Å². The Morgan fingerprint density at radius 2 is 1.76 bits per heavy atom. The van der Waals surface area contributed by atoms with E-state index in [0.717, 1.165) is 10.8 Å². The van der Waals surface area contributed by atoms with E-state index in [1.54, 1.807) is 14.2 Å². The Morgan fingerprint density at radius 1 is 1.05 bits per heavy atom. The van der Waals surface area contributed by atoms with Crippen LogP contribution in [0.25, 0.3) is 22.2 Å². The maximum Gasteiger partial charge on any atom is 0.175 e. The molecule has 0 fully saturated rings. The van der Waals surface area contributed by atoms with Gasteiger partial charge in [0.25, 0.3) is 0 Å². The summed E-state index contributed by atoms with van der Waals surface area (Å²) in [4.78, 5) is 7.20. The number of nitriles is 2. The summed E-state index contributed by atoms with van der Waals surface area (Å²) in [6.45, 7) is 0. The van der Waals surface area contributed by atoms with Crippen molar-refractivity contribution >= 4 is 10.8 Å². The van der Waals surface area contributed by atoms with E-state index in [2.05, 4.69) is 9.97 Å². The van der Waals surface area contributed by atoms with Crippen molar-refractivity contribution in [1.82, 2.24) is 9.97 Å². The fraction of sp³-hybridized carbons (Fsp3) is 0.133. The van der Waals surface area contributed by atoms with Crippen LogP contribution in [0, 0.1) is 22.7 Å². The zero-order chi connectivity index (χ0) is 15.0. The molecule has 0 atom stereocenters. The van der Waals surface area contributed by atoms with E-state index in [0.29, 0.717) is 22.9 Å². The molecule has 0 bridgehead atoms. The highest BCUT2D eigenvalue weighted by Crippen LogP contribution is 2.39. The number of methoxy groups -OCH3 is 2. The topological polar surface area (TPSA) is 94.7 Å². The van der Waals surface area contributed by atoms with Crippen LogP contribution in [0.1, 0.15) is 11.4 Å². The van der Waals surface area contributed by atoms with Crippen LogP contribution in [0.5, 0.6) is 11.5 Å². The van der Waals surface area contributed by atoms with Crippen LogP contribution in [0.3, 0.4) is 0 Å². The first-order valence-corrected chi connectivity index (χ1v) is 6.10. The Hall–Kier alpha value is -3.25. The highest BCUT2D eigenvalue weighted by Gasteiger charge is 2.18. The van der Waals surface area contributed by atoms with Crippen molar-refractivity contribution in [3.63, 3.8) is 0 Å². The summed E-state index contributed by atoms with van der Waals surface area (Å²) in [6.07, 6.45) is 0. The van der Waals surface area contributed by atoms with Crippen LogP contribution in [0.4, 0.5) is 0 Å². The average molecular weight is 278 g/mol. The molecule has 1 aliphatic heterocycles. The third kappa shape index (κ3) is 1.82. The number of nitrogens with zero attached hydrogens (tertiary/aromatic N) is 3. The summed E-state index contributed by atoms with van der Waals surface area (Å²) in [5, 5.41) is 19.8. The van der Waals surface area contributed by atoms with Crippen molar-refractivity contribution in [2.75, 3.05) is 14.2 Å². The molecule has 0 spiro atoms. The molecule has 1 heterocycles. The molecule has 1 aromatic rings. The summed E-state index contributed by atoms with van der Waals surface area (Å²) in [5.41, 5.74) is 1.55. The molecule has 0 aromatic heterocycles. The number of rotatable bonds is 2. The number of aromatic nitrogens is 2. The zero-order valence-corrected chi connectivity index (χ0v) is 11.4. The standard InChI is InChI=1S/C15H10N4O2/c1-20-13-4-8-3-10-15(9(8)5-14(13)21-2)19-12(7-17)11(6-16)18-10/h3-5,18H,1-2H3. The van der Waals surface area contributed by atoms with Crippen molar-refractivity contribution in [3.05, 3.63) is 29.6 Å². The predicted octanol–water partition coefficient (Wildman–Crippen LogP) is 2.43. The van der Waals surface area contributed by atoms with Gasteiger partial charge in [-0.3, -0.25) is 0 Å². The first kappa shape index (κ1) is 12.8. The summed E-state index contributed by atoms with van der Waals surface area (Å²) in [5.74, 6) is 1.20. The first-order valence-electron chi connectivity index (χ1n) is 6.10. The number of aromatic amines is 1. The molecule has 2 aliphatic rings. The number of ether oxygens (including phenoxy) is 2. The van der Waals surface area contributed by atoms with Gasteiger partial charge in [0.2, 0.25) is 0 Å². The molecule has 6 nitrogen and oxygen atoms in total. The Kier molecular flexibility index (Phi) is 2.85. The number of hydrogen-bond acceptors (Lipinski definition) is 5. The van der Waals surface area contributed by atoms with Gasteiger partial charge >= 0.3 is 0 Å². The molecular weight excluding hydrogens is 268 g/mol. The van der Waals surface area contributed by atoms with Crippen LogP contribution in [-0.4, -0.2) is 24.2 Å². The fourth-order valence-corrected chi connectivity index (χ4v) is 2.33. The lowest BCUT2D eigenvalue weighted by Gasteiger charge is -2.07. The first-order chi connectivity index (χ1) is 10.2. The number of fused-ring (bicyclic) bond motifs is 3. The lowest BCUT2D eigenvalue weighted by molar-refractivity contribution is 0.356. The van der Waals surface area contributed by atoms with E-state index in [4.69, 9.17) is 20.0 Å². The van der Waals surface area contributed by atoms with Gasteiger partial charge in [-0.2, -0.15) is 10.5 Å². The summed E-state index contributed by atoms with van der Waals surface area (Å²) >= 11 is 0. The van der Waals surface area contributed by atoms with E-state index < -0.39 is 0 Å². The largest absolute Gasteiger partial charge is 0.493 e. The van der Waals surface area contributed by atoms with Gasteiger partial charge in [0.15, 0.2) is 22.9 Å². The molecule has 1 aromatic carbocycles. The molecule has 1 N–H and O–H groups in total. The summed E-state index contributed by atoms with van der Waals surface area (Å²) in [7, 11) is 3.13. The Morgan fingerprint density at radius 3 is 2.38 bits per heavy atom.